The predicted octanol–water partition coefficient (Wildman–Crippen LogP) is 4.95. The van der Waals surface area contributed by atoms with Crippen molar-refractivity contribution in [3.8, 4) is 11.6 Å². The quantitative estimate of drug-likeness (QED) is 0.316. The Balaban J connectivity index is 1.30. The van der Waals surface area contributed by atoms with E-state index in [0.29, 0.717) is 29.0 Å². The van der Waals surface area contributed by atoms with Gasteiger partial charge in [-0.1, -0.05) is 11.6 Å². The van der Waals surface area contributed by atoms with Crippen LogP contribution in [0.3, 0.4) is 0 Å². The summed E-state index contributed by atoms with van der Waals surface area (Å²) in [5.41, 5.74) is 2.05. The second kappa shape index (κ2) is 10.0. The zero-order valence-electron chi connectivity index (χ0n) is 19.1. The number of anilines is 4. The van der Waals surface area contributed by atoms with Gasteiger partial charge in [0.25, 0.3) is 11.8 Å². The number of hydrogen-bond acceptors (Lipinski definition) is 9. The molecule has 186 valence electrons. The number of aromatic nitrogens is 4. The van der Waals surface area contributed by atoms with Crippen molar-refractivity contribution in [2.24, 2.45) is 0 Å². The summed E-state index contributed by atoms with van der Waals surface area (Å²) in [4.78, 5) is 17.3. The lowest BCUT2D eigenvalue weighted by atomic mass is 10.1. The van der Waals surface area contributed by atoms with E-state index >= 15 is 0 Å². The van der Waals surface area contributed by atoms with E-state index in [0.717, 1.165) is 16.6 Å². The minimum Gasteiger partial charge on any atom is -0.491 e. The molecule has 1 atom stereocenters. The Bertz CT molecular complexity index is 1390. The highest BCUT2D eigenvalue weighted by Crippen LogP contribution is 2.33. The molecule has 12 heteroatoms. The van der Waals surface area contributed by atoms with Gasteiger partial charge in [0, 0.05) is 29.1 Å². The third-order valence-electron chi connectivity index (χ3n) is 5.53. The second-order valence-corrected chi connectivity index (χ2v) is 8.58. The third-order valence-corrected chi connectivity index (χ3v) is 5.77. The maximum Gasteiger partial charge on any atom is 0.296 e. The number of benzene rings is 1. The smallest absolute Gasteiger partial charge is 0.296 e. The van der Waals surface area contributed by atoms with Crippen LogP contribution in [0.1, 0.15) is 6.42 Å². The Hall–Kier alpha value is -3.83. The third kappa shape index (κ3) is 5.37. The first kappa shape index (κ1) is 23.9. The SMILES string of the molecule is COc1cc(Nc2nccc(Nc3cnc4ccc(Cl)cc4c3)n2)cnc1OC1CCNCC1(F)F. The van der Waals surface area contributed by atoms with Gasteiger partial charge in [-0.3, -0.25) is 4.98 Å². The zero-order chi connectivity index (χ0) is 25.1. The van der Waals surface area contributed by atoms with Crippen molar-refractivity contribution in [3.05, 3.63) is 60.0 Å². The zero-order valence-corrected chi connectivity index (χ0v) is 19.9. The van der Waals surface area contributed by atoms with Gasteiger partial charge in [0.15, 0.2) is 11.9 Å². The second-order valence-electron chi connectivity index (χ2n) is 8.14. The summed E-state index contributed by atoms with van der Waals surface area (Å²) in [6.45, 7) is -0.00269. The largest absolute Gasteiger partial charge is 0.491 e. The van der Waals surface area contributed by atoms with Gasteiger partial charge in [0.1, 0.15) is 5.82 Å². The van der Waals surface area contributed by atoms with Crippen LogP contribution in [0.2, 0.25) is 5.02 Å². The predicted molar refractivity (Wildman–Crippen MR) is 133 cm³/mol. The average molecular weight is 514 g/mol. The summed E-state index contributed by atoms with van der Waals surface area (Å²) in [5.74, 6) is -1.97. The van der Waals surface area contributed by atoms with E-state index in [9.17, 15) is 8.78 Å². The number of hydrogen-bond donors (Lipinski definition) is 3. The molecule has 1 aliphatic heterocycles. The summed E-state index contributed by atoms with van der Waals surface area (Å²) in [6, 6.07) is 10.7. The summed E-state index contributed by atoms with van der Waals surface area (Å²) in [5, 5.41) is 10.4. The number of nitrogens with zero attached hydrogens (tertiary/aromatic N) is 4. The molecule has 4 aromatic rings. The van der Waals surface area contributed by atoms with Gasteiger partial charge in [0.05, 0.1) is 42.9 Å². The molecular formula is C24H22ClF2N7O2. The Morgan fingerprint density at radius 2 is 1.89 bits per heavy atom. The number of alkyl halides is 2. The average Bonchev–Trinajstić information content (AvgIpc) is 2.86. The Labute approximate surface area is 210 Å². The van der Waals surface area contributed by atoms with Crippen LogP contribution in [0, 0.1) is 0 Å². The molecule has 5 rings (SSSR count). The first-order valence-electron chi connectivity index (χ1n) is 11.1. The van der Waals surface area contributed by atoms with Crippen molar-refractivity contribution in [2.75, 3.05) is 30.8 Å². The topological polar surface area (TPSA) is 106 Å². The van der Waals surface area contributed by atoms with E-state index in [2.05, 4.69) is 35.9 Å². The van der Waals surface area contributed by atoms with Crippen LogP contribution in [-0.2, 0) is 0 Å². The molecular weight excluding hydrogens is 492 g/mol. The molecule has 3 aromatic heterocycles. The monoisotopic (exact) mass is 513 g/mol. The highest BCUT2D eigenvalue weighted by Gasteiger charge is 2.44. The molecule has 36 heavy (non-hydrogen) atoms. The van der Waals surface area contributed by atoms with Crippen LogP contribution in [0.4, 0.5) is 31.9 Å². The Morgan fingerprint density at radius 3 is 2.72 bits per heavy atom. The molecule has 1 fully saturated rings. The molecule has 0 bridgehead atoms. The number of ether oxygens (including phenoxy) is 2. The molecule has 0 spiro atoms. The molecule has 3 N–H and O–H groups in total. The fourth-order valence-corrected chi connectivity index (χ4v) is 3.95. The first-order chi connectivity index (χ1) is 17.4. The molecule has 1 saturated heterocycles. The Morgan fingerprint density at radius 1 is 1.06 bits per heavy atom. The lowest BCUT2D eigenvalue weighted by Crippen LogP contribution is -2.52. The van der Waals surface area contributed by atoms with Gasteiger partial charge in [-0.15, -0.1) is 0 Å². The molecule has 1 aromatic carbocycles. The van der Waals surface area contributed by atoms with E-state index in [-0.39, 0.29) is 18.1 Å². The van der Waals surface area contributed by atoms with Crippen molar-refractivity contribution >= 4 is 45.6 Å². The van der Waals surface area contributed by atoms with Crippen molar-refractivity contribution < 1.29 is 18.3 Å². The molecule has 0 radical (unpaired) electrons. The molecule has 0 amide bonds. The fourth-order valence-electron chi connectivity index (χ4n) is 3.76. The van der Waals surface area contributed by atoms with Gasteiger partial charge in [-0.2, -0.15) is 4.98 Å². The van der Waals surface area contributed by atoms with E-state index in [1.54, 1.807) is 30.6 Å². The van der Waals surface area contributed by atoms with E-state index < -0.39 is 18.6 Å². The standard InChI is InChI=1S/C24H22ClF2N7O2/c1-35-19-10-17(12-31-22(19)36-20-4-6-28-13-24(20,26)27)33-23-29-7-5-21(34-23)32-16-9-14-8-15(25)2-3-18(14)30-11-16/h2-3,5,7-12,20,28H,4,6,13H2,1H3,(H2,29,32,33,34). The van der Waals surface area contributed by atoms with Crippen LogP contribution in [0.25, 0.3) is 10.9 Å². The van der Waals surface area contributed by atoms with Crippen molar-refractivity contribution in [1.29, 1.82) is 0 Å². The summed E-state index contributed by atoms with van der Waals surface area (Å²) >= 11 is 6.09. The maximum absolute atomic E-state index is 14.1. The van der Waals surface area contributed by atoms with Gasteiger partial charge in [0.2, 0.25) is 5.95 Å². The molecule has 4 heterocycles. The lowest BCUT2D eigenvalue weighted by molar-refractivity contribution is -0.110. The number of rotatable bonds is 7. The Kier molecular flexibility index (Phi) is 6.66. The first-order valence-corrected chi connectivity index (χ1v) is 11.5. The molecule has 1 aliphatic rings. The number of halogens is 3. The minimum absolute atomic E-state index is 0.00475. The molecule has 9 nitrogen and oxygen atoms in total. The number of nitrogens with one attached hydrogen (secondary N) is 3. The van der Waals surface area contributed by atoms with Crippen molar-refractivity contribution in [3.63, 3.8) is 0 Å². The van der Waals surface area contributed by atoms with Crippen LogP contribution in [0.15, 0.2) is 55.0 Å². The van der Waals surface area contributed by atoms with Gasteiger partial charge < -0.3 is 25.4 Å². The normalized spacial score (nSPS) is 16.9. The van der Waals surface area contributed by atoms with Gasteiger partial charge in [-0.05, 0) is 36.9 Å². The van der Waals surface area contributed by atoms with Crippen molar-refractivity contribution in [1.82, 2.24) is 25.3 Å². The molecule has 0 saturated carbocycles. The highest BCUT2D eigenvalue weighted by molar-refractivity contribution is 6.31. The number of pyridine rings is 2. The van der Waals surface area contributed by atoms with Crippen LogP contribution in [-0.4, -0.2) is 52.2 Å². The highest BCUT2D eigenvalue weighted by atomic mass is 35.5. The van der Waals surface area contributed by atoms with Gasteiger partial charge >= 0.3 is 0 Å². The molecule has 1 unspecified atom stereocenters. The van der Waals surface area contributed by atoms with E-state index in [1.165, 1.54) is 13.3 Å². The van der Waals surface area contributed by atoms with Gasteiger partial charge in [-0.25, -0.2) is 18.7 Å². The van der Waals surface area contributed by atoms with Crippen molar-refractivity contribution in [2.45, 2.75) is 18.4 Å². The fraction of sp³-hybridized carbons (Fsp3) is 0.250. The van der Waals surface area contributed by atoms with E-state index in [4.69, 9.17) is 21.1 Å². The number of methoxy groups -OCH3 is 1. The maximum atomic E-state index is 14.1. The van der Waals surface area contributed by atoms with Crippen LogP contribution >= 0.6 is 11.6 Å². The summed E-state index contributed by atoms with van der Waals surface area (Å²) in [6.07, 6.45) is 3.60. The molecule has 0 aliphatic carbocycles. The minimum atomic E-state index is -3.00. The number of fused-ring (bicyclic) bond motifs is 1. The summed E-state index contributed by atoms with van der Waals surface area (Å²) < 4.78 is 39.1. The summed E-state index contributed by atoms with van der Waals surface area (Å²) in [7, 11) is 1.42. The van der Waals surface area contributed by atoms with E-state index in [1.807, 2.05) is 18.2 Å². The van der Waals surface area contributed by atoms with Crippen LogP contribution in [0.5, 0.6) is 11.6 Å². The van der Waals surface area contributed by atoms with Crippen LogP contribution < -0.4 is 25.4 Å². The lowest BCUT2D eigenvalue weighted by Gasteiger charge is -2.31. The number of piperidine rings is 1.